The number of benzene rings is 1. The van der Waals surface area contributed by atoms with Crippen LogP contribution >= 0.6 is 0 Å². The lowest BCUT2D eigenvalue weighted by atomic mass is 10.1. The van der Waals surface area contributed by atoms with Gasteiger partial charge in [-0.15, -0.1) is 13.3 Å². The first-order valence-electron chi connectivity index (χ1n) is 6.77. The van der Waals surface area contributed by atoms with Gasteiger partial charge in [-0.05, 0) is 0 Å². The van der Waals surface area contributed by atoms with E-state index >= 15 is 0 Å². The van der Waals surface area contributed by atoms with Crippen molar-refractivity contribution < 1.29 is 39.7 Å². The fourth-order valence-corrected chi connectivity index (χ4v) is 2.04. The molecule has 1 aromatic carbocycles. The maximum absolute atomic E-state index is 13.9. The maximum atomic E-state index is 13.9. The van der Waals surface area contributed by atoms with Gasteiger partial charge in [-0.1, -0.05) is 11.8 Å². The third-order valence-corrected chi connectivity index (χ3v) is 3.39. The highest BCUT2D eigenvalue weighted by atomic mass is 19.2. The summed E-state index contributed by atoms with van der Waals surface area (Å²) in [5.41, 5.74) is -4.01. The highest BCUT2D eigenvalue weighted by Gasteiger charge is 2.30. The minimum Gasteiger partial charge on any atom is -0.373 e. The van der Waals surface area contributed by atoms with Crippen LogP contribution in [0.5, 0.6) is 0 Å². The first kappa shape index (κ1) is 19.5. The van der Waals surface area contributed by atoms with E-state index in [2.05, 4.69) is 0 Å². The maximum Gasteiger partial charge on any atom is 0.399 e. The molecule has 2 nitrogen and oxygen atoms in total. The summed E-state index contributed by atoms with van der Waals surface area (Å²) in [6.45, 7) is 0. The van der Waals surface area contributed by atoms with Crippen LogP contribution in [0.3, 0.4) is 0 Å². The lowest BCUT2D eigenvalue weighted by Crippen LogP contribution is -2.40. The Balaban J connectivity index is 2.75. The zero-order chi connectivity index (χ0) is 19.9. The molecule has 1 aromatic heterocycles. The van der Waals surface area contributed by atoms with Crippen molar-refractivity contribution >= 4 is 5.69 Å². The van der Waals surface area contributed by atoms with Gasteiger partial charge in [0.2, 0.25) is 11.6 Å². The summed E-state index contributed by atoms with van der Waals surface area (Å²) in [5, 5.41) is 0. The van der Waals surface area contributed by atoms with E-state index in [1.807, 2.05) is 0 Å². The van der Waals surface area contributed by atoms with E-state index in [1.54, 1.807) is 0 Å². The molecule has 0 amide bonds. The van der Waals surface area contributed by atoms with Gasteiger partial charge < -0.3 is 4.90 Å². The van der Waals surface area contributed by atoms with Crippen LogP contribution in [0.1, 0.15) is 11.1 Å². The van der Waals surface area contributed by atoms with Crippen LogP contribution in [0.4, 0.5) is 40.8 Å². The Bertz CT molecular complexity index is 915. The van der Waals surface area contributed by atoms with Crippen molar-refractivity contribution in [3.05, 3.63) is 57.9 Å². The van der Waals surface area contributed by atoms with E-state index in [1.165, 1.54) is 11.8 Å². The molecule has 0 aliphatic heterocycles. The molecule has 0 bridgehead atoms. The Kier molecular flexibility index (Phi) is 5.11. The van der Waals surface area contributed by atoms with Crippen LogP contribution in [0.25, 0.3) is 0 Å². The summed E-state index contributed by atoms with van der Waals surface area (Å²) in [7, 11) is 2.91. The van der Waals surface area contributed by atoms with Crippen molar-refractivity contribution in [1.82, 2.24) is 0 Å². The molecule has 0 saturated heterocycles. The molecule has 0 atom stereocenters. The van der Waals surface area contributed by atoms with E-state index in [-0.39, 0.29) is 4.57 Å². The highest BCUT2D eigenvalue weighted by Crippen LogP contribution is 2.29. The minimum atomic E-state index is -1.94. The molecule has 0 spiro atoms. The molecule has 1 heterocycles. The van der Waals surface area contributed by atoms with Crippen molar-refractivity contribution in [3.63, 3.8) is 0 Å². The first-order chi connectivity index (χ1) is 12.0. The molecule has 2 aromatic rings. The predicted molar refractivity (Wildman–Crippen MR) is 74.0 cm³/mol. The number of pyridine rings is 1. The van der Waals surface area contributed by atoms with Gasteiger partial charge in [0.15, 0.2) is 23.3 Å². The zero-order valence-electron chi connectivity index (χ0n) is 13.4. The largest absolute Gasteiger partial charge is 0.399 e. The topological polar surface area (TPSA) is 7.12 Å². The van der Waals surface area contributed by atoms with Crippen molar-refractivity contribution in [2.45, 2.75) is 0 Å². The van der Waals surface area contributed by atoms with Crippen molar-refractivity contribution in [3.8, 4) is 11.8 Å². The predicted octanol–water partition coefficient (Wildman–Crippen LogP) is 3.09. The number of hydrogen-bond donors (Lipinski definition) is 0. The second-order valence-electron chi connectivity index (χ2n) is 5.27. The number of nitrogens with zero attached hydrogens (tertiary/aromatic N) is 2. The van der Waals surface area contributed by atoms with Crippen LogP contribution in [-0.2, 0) is 7.05 Å². The number of rotatable bonds is 1. The molecule has 0 saturated carbocycles. The van der Waals surface area contributed by atoms with Crippen LogP contribution < -0.4 is 9.47 Å². The fourth-order valence-electron chi connectivity index (χ4n) is 2.04. The molecular weight excluding hydrogens is 372 g/mol. The van der Waals surface area contributed by atoms with E-state index in [4.69, 9.17) is 0 Å². The van der Waals surface area contributed by atoms with Crippen LogP contribution in [0.15, 0.2) is 0 Å². The molecule has 0 aliphatic rings. The Hall–Kier alpha value is -2.83. The van der Waals surface area contributed by atoms with E-state index in [9.17, 15) is 35.1 Å². The average Bonchev–Trinajstić information content (AvgIpc) is 2.58. The van der Waals surface area contributed by atoms with E-state index < -0.39 is 63.6 Å². The Morgan fingerprint density at radius 2 is 0.962 bits per heavy atom. The summed E-state index contributed by atoms with van der Waals surface area (Å²) in [5.74, 6) is -12.1. The number of aromatic nitrogens is 1. The fraction of sp³-hybridized carbons (Fsp3) is 0.188. The smallest absolute Gasteiger partial charge is 0.373 e. The molecule has 2 rings (SSSR count). The van der Waals surface area contributed by atoms with Gasteiger partial charge in [0.05, 0.1) is 0 Å². The second-order valence-corrected chi connectivity index (χ2v) is 5.27. The van der Waals surface area contributed by atoms with Gasteiger partial charge in [-0.3, -0.25) is 0 Å². The molecular formula is C16H9F8N2+. The third-order valence-electron chi connectivity index (χ3n) is 3.39. The molecule has 10 heteroatoms. The summed E-state index contributed by atoms with van der Waals surface area (Å²) in [6.07, 6.45) is 0. The van der Waals surface area contributed by atoms with Crippen LogP contribution in [0, 0.1) is 58.6 Å². The van der Waals surface area contributed by atoms with Crippen molar-refractivity contribution in [2.75, 3.05) is 19.0 Å². The van der Waals surface area contributed by atoms with E-state index in [0.29, 0.717) is 7.05 Å². The lowest BCUT2D eigenvalue weighted by molar-refractivity contribution is -0.730. The summed E-state index contributed by atoms with van der Waals surface area (Å²) in [4.78, 5) is 0.759. The van der Waals surface area contributed by atoms with Crippen LogP contribution in [-0.4, -0.2) is 14.1 Å². The zero-order valence-corrected chi connectivity index (χ0v) is 13.4. The number of halogens is 8. The van der Waals surface area contributed by atoms with Crippen molar-refractivity contribution in [1.29, 1.82) is 0 Å². The van der Waals surface area contributed by atoms with E-state index in [0.717, 1.165) is 19.0 Å². The molecule has 0 fully saturated rings. The van der Waals surface area contributed by atoms with Gasteiger partial charge in [0, 0.05) is 14.1 Å². The molecule has 0 N–H and O–H groups in total. The quantitative estimate of drug-likeness (QED) is 0.242. The highest BCUT2D eigenvalue weighted by molar-refractivity contribution is 5.55. The third kappa shape index (κ3) is 2.94. The Morgan fingerprint density at radius 3 is 1.31 bits per heavy atom. The molecule has 0 aliphatic carbocycles. The van der Waals surface area contributed by atoms with Gasteiger partial charge in [-0.25, -0.2) is 17.6 Å². The van der Waals surface area contributed by atoms with Gasteiger partial charge in [-0.2, -0.15) is 8.78 Å². The lowest BCUT2D eigenvalue weighted by Gasteiger charge is -2.16. The summed E-state index contributed by atoms with van der Waals surface area (Å²) < 4.78 is 110. The van der Waals surface area contributed by atoms with Crippen LogP contribution in [0.2, 0.25) is 0 Å². The Morgan fingerprint density at radius 1 is 0.615 bits per heavy atom. The summed E-state index contributed by atoms with van der Waals surface area (Å²) >= 11 is 0. The molecule has 0 radical (unpaired) electrons. The monoisotopic (exact) mass is 381 g/mol. The molecule has 0 unspecified atom stereocenters. The van der Waals surface area contributed by atoms with Gasteiger partial charge in [0.25, 0.3) is 0 Å². The molecule has 138 valence electrons. The van der Waals surface area contributed by atoms with Gasteiger partial charge >= 0.3 is 11.9 Å². The summed E-state index contributed by atoms with van der Waals surface area (Å²) in [6, 6.07) is 0. The SMILES string of the molecule is CN(C)c1c(F)c(F)c(C#Cc2c(F)c(F)[n+](C)c(F)c2F)c(F)c1F. The van der Waals surface area contributed by atoms with Gasteiger partial charge in [0.1, 0.15) is 23.9 Å². The average molecular weight is 381 g/mol. The molecule has 26 heavy (non-hydrogen) atoms. The van der Waals surface area contributed by atoms with Crippen molar-refractivity contribution in [2.24, 2.45) is 7.05 Å². The minimum absolute atomic E-state index is 0.0950. The first-order valence-corrected chi connectivity index (χ1v) is 6.77. The number of hydrogen-bond acceptors (Lipinski definition) is 1. The Labute approximate surface area is 142 Å². The second kappa shape index (κ2) is 6.82. The standard InChI is InChI=1S/C16H9F8N2/c1-25(2)14-12(21)8(17)6(9(18)13(14)22)4-5-7-10(19)15(23)26(3)16(24)11(7)20/h1-3H3/q+1. The number of anilines is 1. The normalized spacial score (nSPS) is 10.6.